The van der Waals surface area contributed by atoms with Crippen LogP contribution in [-0.4, -0.2) is 29.1 Å². The van der Waals surface area contributed by atoms with E-state index in [1.54, 1.807) is 12.1 Å². The van der Waals surface area contributed by atoms with Crippen molar-refractivity contribution in [1.29, 1.82) is 0 Å². The fourth-order valence-corrected chi connectivity index (χ4v) is 2.36. The van der Waals surface area contributed by atoms with Gasteiger partial charge in [0.25, 0.3) is 0 Å². The monoisotopic (exact) mass is 237 g/mol. The molecule has 3 nitrogen and oxygen atoms in total. The molecule has 1 aromatic rings. The summed E-state index contributed by atoms with van der Waals surface area (Å²) >= 11 is 0. The molecule has 0 aliphatic carbocycles. The third-order valence-corrected chi connectivity index (χ3v) is 3.19. The van der Waals surface area contributed by atoms with Crippen LogP contribution in [0, 0.1) is 12.7 Å². The van der Waals surface area contributed by atoms with Crippen molar-refractivity contribution in [2.24, 2.45) is 0 Å². The maximum absolute atomic E-state index is 13.7. The summed E-state index contributed by atoms with van der Waals surface area (Å²) in [6, 6.07) is 3.78. The smallest absolute Gasteiger partial charge is 0.325 e. The van der Waals surface area contributed by atoms with Gasteiger partial charge in [0.1, 0.15) is 11.9 Å². The molecule has 4 heteroatoms. The standard InChI is InChI=1S/C13H16FNO2/c1-9-4-5-11(14)10(8-9)12(13(16)17)15-6-2-3-7-15/h4-5,8,12H,2-3,6-7H2,1H3,(H,16,17). The number of aliphatic carboxylic acids is 1. The second kappa shape index (κ2) is 4.84. The summed E-state index contributed by atoms with van der Waals surface area (Å²) in [5.74, 6) is -1.41. The normalized spacial score (nSPS) is 18.2. The van der Waals surface area contributed by atoms with Gasteiger partial charge < -0.3 is 5.11 Å². The summed E-state index contributed by atoms with van der Waals surface area (Å²) in [5, 5.41) is 9.29. The first kappa shape index (κ1) is 12.0. The number of hydrogen-bond acceptors (Lipinski definition) is 2. The molecule has 1 heterocycles. The van der Waals surface area contributed by atoms with Crippen LogP contribution in [0.2, 0.25) is 0 Å². The van der Waals surface area contributed by atoms with Gasteiger partial charge in [0.05, 0.1) is 0 Å². The second-order valence-electron chi connectivity index (χ2n) is 4.51. The van der Waals surface area contributed by atoms with Gasteiger partial charge in [-0.25, -0.2) is 4.39 Å². The Morgan fingerprint density at radius 1 is 1.41 bits per heavy atom. The van der Waals surface area contributed by atoms with Crippen LogP contribution in [0.15, 0.2) is 18.2 Å². The SMILES string of the molecule is Cc1ccc(F)c(C(C(=O)O)N2CCCC2)c1. The first-order valence-corrected chi connectivity index (χ1v) is 5.82. The largest absolute Gasteiger partial charge is 0.480 e. The number of hydrogen-bond donors (Lipinski definition) is 1. The van der Waals surface area contributed by atoms with Gasteiger partial charge in [-0.05, 0) is 38.9 Å². The molecule has 1 aromatic carbocycles. The lowest BCUT2D eigenvalue weighted by Crippen LogP contribution is -2.32. The number of carbonyl (C=O) groups is 1. The Balaban J connectivity index is 2.37. The van der Waals surface area contributed by atoms with E-state index >= 15 is 0 Å². The zero-order valence-electron chi connectivity index (χ0n) is 9.82. The number of aryl methyl sites for hydroxylation is 1. The zero-order valence-corrected chi connectivity index (χ0v) is 9.82. The van der Waals surface area contributed by atoms with E-state index in [9.17, 15) is 14.3 Å². The summed E-state index contributed by atoms with van der Waals surface area (Å²) in [5.41, 5.74) is 1.16. The maximum Gasteiger partial charge on any atom is 0.325 e. The Labute approximate surface area is 99.9 Å². The van der Waals surface area contributed by atoms with E-state index in [1.165, 1.54) is 6.07 Å². The number of benzene rings is 1. The van der Waals surface area contributed by atoms with E-state index in [2.05, 4.69) is 0 Å². The predicted octanol–water partition coefficient (Wildman–Crippen LogP) is 2.36. The van der Waals surface area contributed by atoms with Crippen LogP contribution in [0.3, 0.4) is 0 Å². The summed E-state index contributed by atoms with van der Waals surface area (Å²) in [4.78, 5) is 13.2. The van der Waals surface area contributed by atoms with Gasteiger partial charge in [-0.2, -0.15) is 0 Å². The molecule has 1 aliphatic rings. The minimum atomic E-state index is -0.976. The highest BCUT2D eigenvalue weighted by molar-refractivity contribution is 5.75. The van der Waals surface area contributed by atoms with Crippen LogP contribution in [0.4, 0.5) is 4.39 Å². The van der Waals surface area contributed by atoms with Crippen molar-refractivity contribution in [3.63, 3.8) is 0 Å². The van der Waals surface area contributed by atoms with Gasteiger partial charge >= 0.3 is 5.97 Å². The number of nitrogens with zero attached hydrogens (tertiary/aromatic N) is 1. The van der Waals surface area contributed by atoms with Crippen LogP contribution in [-0.2, 0) is 4.79 Å². The fourth-order valence-electron chi connectivity index (χ4n) is 2.36. The summed E-state index contributed by atoms with van der Waals surface area (Å²) < 4.78 is 13.7. The topological polar surface area (TPSA) is 40.5 Å². The van der Waals surface area contributed by atoms with Gasteiger partial charge in [-0.3, -0.25) is 9.69 Å². The Morgan fingerprint density at radius 3 is 2.65 bits per heavy atom. The molecule has 1 unspecified atom stereocenters. The molecular weight excluding hydrogens is 221 g/mol. The minimum Gasteiger partial charge on any atom is -0.480 e. The lowest BCUT2D eigenvalue weighted by Gasteiger charge is -2.24. The van der Waals surface area contributed by atoms with Crippen LogP contribution >= 0.6 is 0 Å². The lowest BCUT2D eigenvalue weighted by molar-refractivity contribution is -0.143. The van der Waals surface area contributed by atoms with E-state index in [-0.39, 0.29) is 5.56 Å². The molecule has 1 N–H and O–H groups in total. The van der Waals surface area contributed by atoms with Gasteiger partial charge in [0, 0.05) is 5.56 Å². The highest BCUT2D eigenvalue weighted by atomic mass is 19.1. The van der Waals surface area contributed by atoms with Crippen LogP contribution in [0.5, 0.6) is 0 Å². The number of carboxylic acids is 1. The molecular formula is C13H16FNO2. The van der Waals surface area contributed by atoms with Crippen molar-refractivity contribution in [3.8, 4) is 0 Å². The van der Waals surface area contributed by atoms with Crippen molar-refractivity contribution in [1.82, 2.24) is 4.90 Å². The summed E-state index contributed by atoms with van der Waals surface area (Å²) in [6.07, 6.45) is 1.97. The van der Waals surface area contributed by atoms with Gasteiger partial charge in [-0.15, -0.1) is 0 Å². The minimum absolute atomic E-state index is 0.277. The molecule has 17 heavy (non-hydrogen) atoms. The van der Waals surface area contributed by atoms with Crippen molar-refractivity contribution in [2.45, 2.75) is 25.8 Å². The quantitative estimate of drug-likeness (QED) is 0.877. The zero-order chi connectivity index (χ0) is 12.4. The van der Waals surface area contributed by atoms with Gasteiger partial charge in [0.2, 0.25) is 0 Å². The molecule has 1 atom stereocenters. The lowest BCUT2D eigenvalue weighted by atomic mass is 10.0. The van der Waals surface area contributed by atoms with Crippen molar-refractivity contribution < 1.29 is 14.3 Å². The summed E-state index contributed by atoms with van der Waals surface area (Å²) in [6.45, 7) is 3.29. The van der Waals surface area contributed by atoms with Crippen molar-refractivity contribution >= 4 is 5.97 Å². The molecule has 92 valence electrons. The molecule has 1 fully saturated rings. The molecule has 1 aliphatic heterocycles. The average molecular weight is 237 g/mol. The molecule has 0 radical (unpaired) electrons. The fraction of sp³-hybridized carbons (Fsp3) is 0.462. The molecule has 0 spiro atoms. The van der Waals surface area contributed by atoms with E-state index in [4.69, 9.17) is 0 Å². The van der Waals surface area contributed by atoms with Crippen molar-refractivity contribution in [3.05, 3.63) is 35.1 Å². The predicted molar refractivity (Wildman–Crippen MR) is 62.3 cm³/mol. The third-order valence-electron chi connectivity index (χ3n) is 3.19. The Hall–Kier alpha value is -1.42. The first-order valence-electron chi connectivity index (χ1n) is 5.82. The van der Waals surface area contributed by atoms with E-state index in [0.29, 0.717) is 0 Å². The number of carboxylic acid groups (broad SMARTS) is 1. The third kappa shape index (κ3) is 2.47. The summed E-state index contributed by atoms with van der Waals surface area (Å²) in [7, 11) is 0. The maximum atomic E-state index is 13.7. The molecule has 0 amide bonds. The van der Waals surface area contributed by atoms with E-state index in [1.807, 2.05) is 11.8 Å². The van der Waals surface area contributed by atoms with Gasteiger partial charge in [0.15, 0.2) is 0 Å². The highest BCUT2D eigenvalue weighted by Crippen LogP contribution is 2.27. The Morgan fingerprint density at radius 2 is 2.06 bits per heavy atom. The molecule has 2 rings (SSSR count). The number of halogens is 1. The van der Waals surface area contributed by atoms with E-state index in [0.717, 1.165) is 31.5 Å². The average Bonchev–Trinajstić information content (AvgIpc) is 2.76. The Kier molecular flexibility index (Phi) is 3.43. The Bertz CT molecular complexity index is 427. The number of likely N-dealkylation sites (tertiary alicyclic amines) is 1. The second-order valence-corrected chi connectivity index (χ2v) is 4.51. The van der Waals surface area contributed by atoms with Gasteiger partial charge in [-0.1, -0.05) is 17.7 Å². The van der Waals surface area contributed by atoms with Crippen LogP contribution < -0.4 is 0 Å². The highest BCUT2D eigenvalue weighted by Gasteiger charge is 2.31. The van der Waals surface area contributed by atoms with Crippen LogP contribution in [0.1, 0.15) is 30.0 Å². The molecule has 0 bridgehead atoms. The first-order chi connectivity index (χ1) is 8.09. The van der Waals surface area contributed by atoms with Crippen molar-refractivity contribution in [2.75, 3.05) is 13.1 Å². The molecule has 1 saturated heterocycles. The van der Waals surface area contributed by atoms with Crippen LogP contribution in [0.25, 0.3) is 0 Å². The number of rotatable bonds is 3. The molecule has 0 saturated carbocycles. The molecule has 0 aromatic heterocycles. The van der Waals surface area contributed by atoms with E-state index < -0.39 is 17.8 Å².